The van der Waals surface area contributed by atoms with Gasteiger partial charge in [-0.1, -0.05) is 18.2 Å². The number of thioether (sulfide) groups is 1. The first-order valence-corrected chi connectivity index (χ1v) is 9.14. The normalized spacial score (nSPS) is 20.0. The first kappa shape index (κ1) is 18.1. The second-order valence-electron chi connectivity index (χ2n) is 7.57. The molecule has 0 aliphatic carbocycles. The van der Waals surface area contributed by atoms with Gasteiger partial charge in [-0.25, -0.2) is 0 Å². The van der Waals surface area contributed by atoms with Crippen molar-refractivity contribution in [3.8, 4) is 0 Å². The van der Waals surface area contributed by atoms with Gasteiger partial charge in [0.05, 0.1) is 5.56 Å². The summed E-state index contributed by atoms with van der Waals surface area (Å²) >= 11 is 1.65. The Morgan fingerprint density at radius 1 is 1.30 bits per heavy atom. The van der Waals surface area contributed by atoms with Crippen LogP contribution in [0.4, 0.5) is 0 Å². The van der Waals surface area contributed by atoms with Crippen LogP contribution in [-0.2, 0) is 0 Å². The van der Waals surface area contributed by atoms with Crippen LogP contribution >= 0.6 is 11.8 Å². The zero-order valence-corrected chi connectivity index (χ0v) is 15.4. The van der Waals surface area contributed by atoms with Gasteiger partial charge >= 0.3 is 0 Å². The summed E-state index contributed by atoms with van der Waals surface area (Å²) in [5, 5.41) is 6.89. The van der Waals surface area contributed by atoms with Crippen molar-refractivity contribution in [2.75, 3.05) is 5.75 Å². The van der Waals surface area contributed by atoms with E-state index in [2.05, 4.69) is 44.9 Å². The fraction of sp³-hybridized carbons (Fsp3) is 0.526. The minimum Gasteiger partial charge on any atom is -0.349 e. The minimum atomic E-state index is 0.0238. The van der Waals surface area contributed by atoms with Gasteiger partial charge in [0.1, 0.15) is 0 Å². The topological polar surface area (TPSA) is 41.1 Å². The quantitative estimate of drug-likeness (QED) is 0.632. The zero-order valence-electron chi connectivity index (χ0n) is 14.6. The standard InChI is InChI=1S/C19H28N2OS/c1-6-11-23-16-10-8-7-9-15(16)17(22)20-14-12-18(2,3)21-19(4,5)13-14/h6-10,14,21H,1,11-13H2,2-5H3,(H,20,22). The van der Waals surface area contributed by atoms with Crippen LogP contribution in [0, 0.1) is 0 Å². The summed E-state index contributed by atoms with van der Waals surface area (Å²) in [7, 11) is 0. The number of benzene rings is 1. The van der Waals surface area contributed by atoms with Crippen molar-refractivity contribution in [2.24, 2.45) is 0 Å². The predicted octanol–water partition coefficient (Wildman–Crippen LogP) is 4.00. The summed E-state index contributed by atoms with van der Waals surface area (Å²) < 4.78 is 0. The lowest BCUT2D eigenvalue weighted by Crippen LogP contribution is -2.62. The molecular formula is C19H28N2OS. The molecule has 0 radical (unpaired) electrons. The fourth-order valence-electron chi connectivity index (χ4n) is 3.62. The Morgan fingerprint density at radius 3 is 2.52 bits per heavy atom. The zero-order chi connectivity index (χ0) is 17.1. The largest absolute Gasteiger partial charge is 0.349 e. The molecule has 0 saturated carbocycles. The van der Waals surface area contributed by atoms with Crippen molar-refractivity contribution in [1.29, 1.82) is 0 Å². The van der Waals surface area contributed by atoms with Gasteiger partial charge in [0.25, 0.3) is 5.91 Å². The molecule has 23 heavy (non-hydrogen) atoms. The number of rotatable bonds is 5. The molecule has 0 bridgehead atoms. The number of nitrogens with one attached hydrogen (secondary N) is 2. The minimum absolute atomic E-state index is 0.0238. The van der Waals surface area contributed by atoms with E-state index in [0.717, 1.165) is 29.1 Å². The summed E-state index contributed by atoms with van der Waals surface area (Å²) in [6.45, 7) is 12.5. The maximum absolute atomic E-state index is 12.7. The third kappa shape index (κ3) is 5.11. The summed E-state index contributed by atoms with van der Waals surface area (Å²) in [5.74, 6) is 0.827. The van der Waals surface area contributed by atoms with Gasteiger partial charge in [-0.15, -0.1) is 18.3 Å². The van der Waals surface area contributed by atoms with Crippen LogP contribution in [0.2, 0.25) is 0 Å². The number of carbonyl (C=O) groups excluding carboxylic acids is 1. The van der Waals surface area contributed by atoms with E-state index in [0.29, 0.717) is 0 Å². The van der Waals surface area contributed by atoms with E-state index in [4.69, 9.17) is 0 Å². The molecule has 0 aromatic heterocycles. The molecule has 2 N–H and O–H groups in total. The first-order valence-electron chi connectivity index (χ1n) is 8.15. The highest BCUT2D eigenvalue weighted by molar-refractivity contribution is 7.99. The van der Waals surface area contributed by atoms with Gasteiger partial charge in [0.2, 0.25) is 0 Å². The Kier molecular flexibility index (Phi) is 5.58. The highest BCUT2D eigenvalue weighted by atomic mass is 32.2. The van der Waals surface area contributed by atoms with Gasteiger partial charge < -0.3 is 10.6 Å². The molecule has 1 fully saturated rings. The van der Waals surface area contributed by atoms with Gasteiger partial charge in [-0.2, -0.15) is 0 Å². The molecule has 0 atom stereocenters. The second-order valence-corrected chi connectivity index (χ2v) is 8.63. The molecule has 0 spiro atoms. The maximum atomic E-state index is 12.7. The summed E-state index contributed by atoms with van der Waals surface area (Å²) in [5.41, 5.74) is 0.807. The monoisotopic (exact) mass is 332 g/mol. The summed E-state index contributed by atoms with van der Waals surface area (Å²) in [6.07, 6.45) is 3.73. The van der Waals surface area contributed by atoms with Crippen molar-refractivity contribution < 1.29 is 4.79 Å². The molecule has 0 unspecified atom stereocenters. The number of amides is 1. The van der Waals surface area contributed by atoms with Gasteiger partial charge in [-0.3, -0.25) is 4.79 Å². The van der Waals surface area contributed by atoms with Crippen LogP contribution in [0.15, 0.2) is 41.8 Å². The van der Waals surface area contributed by atoms with E-state index in [-0.39, 0.29) is 23.0 Å². The average molecular weight is 333 g/mol. The lowest BCUT2D eigenvalue weighted by Gasteiger charge is -2.46. The molecule has 1 aromatic rings. The second kappa shape index (κ2) is 7.10. The van der Waals surface area contributed by atoms with Crippen molar-refractivity contribution in [2.45, 2.75) is 62.6 Å². The van der Waals surface area contributed by atoms with E-state index < -0.39 is 0 Å². The number of piperidine rings is 1. The first-order chi connectivity index (χ1) is 10.7. The predicted molar refractivity (Wildman–Crippen MR) is 99.1 cm³/mol. The SMILES string of the molecule is C=CCSc1ccccc1C(=O)NC1CC(C)(C)NC(C)(C)C1. The van der Waals surface area contributed by atoms with Crippen LogP contribution in [0.1, 0.15) is 50.9 Å². The molecule has 1 aliphatic heterocycles. The Hall–Kier alpha value is -1.26. The van der Waals surface area contributed by atoms with Crippen molar-refractivity contribution in [3.05, 3.63) is 42.5 Å². The third-order valence-electron chi connectivity index (χ3n) is 4.01. The van der Waals surface area contributed by atoms with E-state index in [1.807, 2.05) is 30.3 Å². The lowest BCUT2D eigenvalue weighted by molar-refractivity contribution is 0.0870. The highest BCUT2D eigenvalue weighted by Gasteiger charge is 2.38. The van der Waals surface area contributed by atoms with Crippen LogP contribution in [-0.4, -0.2) is 28.8 Å². The van der Waals surface area contributed by atoms with Crippen LogP contribution in [0.5, 0.6) is 0 Å². The molecular weight excluding hydrogens is 304 g/mol. The van der Waals surface area contributed by atoms with Crippen LogP contribution in [0.25, 0.3) is 0 Å². The maximum Gasteiger partial charge on any atom is 0.252 e. The molecule has 126 valence electrons. The smallest absolute Gasteiger partial charge is 0.252 e. The van der Waals surface area contributed by atoms with Crippen molar-refractivity contribution in [3.63, 3.8) is 0 Å². The molecule has 1 saturated heterocycles. The lowest BCUT2D eigenvalue weighted by atomic mass is 9.79. The molecule has 1 heterocycles. The summed E-state index contributed by atoms with van der Waals surface area (Å²) in [6, 6.07) is 7.98. The average Bonchev–Trinajstić information content (AvgIpc) is 2.41. The Bertz CT molecular complexity index is 564. The number of hydrogen-bond donors (Lipinski definition) is 2. The fourth-order valence-corrected chi connectivity index (χ4v) is 4.40. The molecule has 4 heteroatoms. The van der Waals surface area contributed by atoms with E-state index >= 15 is 0 Å². The van der Waals surface area contributed by atoms with Crippen molar-refractivity contribution >= 4 is 17.7 Å². The molecule has 1 aromatic carbocycles. The van der Waals surface area contributed by atoms with E-state index in [1.165, 1.54) is 0 Å². The van der Waals surface area contributed by atoms with Crippen LogP contribution in [0.3, 0.4) is 0 Å². The van der Waals surface area contributed by atoms with E-state index in [9.17, 15) is 4.79 Å². The van der Waals surface area contributed by atoms with Crippen LogP contribution < -0.4 is 10.6 Å². The Morgan fingerprint density at radius 2 is 1.91 bits per heavy atom. The molecule has 1 amide bonds. The third-order valence-corrected chi connectivity index (χ3v) is 5.08. The molecule has 2 rings (SSSR count). The molecule has 1 aliphatic rings. The Labute approximate surface area is 144 Å². The van der Waals surface area contributed by atoms with Gasteiger partial charge in [-0.05, 0) is 52.7 Å². The van der Waals surface area contributed by atoms with Gasteiger partial charge in [0.15, 0.2) is 0 Å². The van der Waals surface area contributed by atoms with E-state index in [1.54, 1.807) is 11.8 Å². The molecule has 3 nitrogen and oxygen atoms in total. The number of hydrogen-bond acceptors (Lipinski definition) is 3. The van der Waals surface area contributed by atoms with Crippen molar-refractivity contribution in [1.82, 2.24) is 10.6 Å². The summed E-state index contributed by atoms with van der Waals surface area (Å²) in [4.78, 5) is 13.8. The Balaban J connectivity index is 2.11. The number of carbonyl (C=O) groups is 1. The van der Waals surface area contributed by atoms with Gasteiger partial charge in [0, 0.05) is 27.8 Å². The highest BCUT2D eigenvalue weighted by Crippen LogP contribution is 2.29.